The Bertz CT molecular complexity index is 702. The van der Waals surface area contributed by atoms with Crippen molar-refractivity contribution in [1.29, 1.82) is 0 Å². The Hall–Kier alpha value is -2.37. The van der Waals surface area contributed by atoms with Crippen molar-refractivity contribution in [1.82, 2.24) is 15.0 Å². The van der Waals surface area contributed by atoms with Crippen molar-refractivity contribution in [2.45, 2.75) is 38.2 Å². The number of ether oxygens (including phenoxy) is 1. The van der Waals surface area contributed by atoms with Crippen LogP contribution in [0.15, 0.2) is 28.8 Å². The largest absolute Gasteiger partial charge is 0.480 e. The number of likely N-dealkylation sites (tertiary alicyclic amines) is 1. The molecule has 0 spiro atoms. The van der Waals surface area contributed by atoms with Gasteiger partial charge in [-0.1, -0.05) is 23.4 Å². The van der Waals surface area contributed by atoms with Gasteiger partial charge in [-0.05, 0) is 31.4 Å². The fourth-order valence-electron chi connectivity index (χ4n) is 3.38. The topological polar surface area (TPSA) is 68.5 Å². The Morgan fingerprint density at radius 1 is 1.35 bits per heavy atom. The predicted octanol–water partition coefficient (Wildman–Crippen LogP) is 2.09. The van der Waals surface area contributed by atoms with Gasteiger partial charge in [-0.2, -0.15) is 4.98 Å². The minimum atomic E-state index is -0.407. The number of carbonyl (C=O) groups excluding carboxylic acids is 1. The summed E-state index contributed by atoms with van der Waals surface area (Å²) in [6.07, 6.45) is 2.15. The molecule has 0 unspecified atom stereocenters. The van der Waals surface area contributed by atoms with Crippen LogP contribution in [0.3, 0.4) is 0 Å². The summed E-state index contributed by atoms with van der Waals surface area (Å²) in [7, 11) is 0. The molecule has 2 atom stereocenters. The number of hydrogen-bond donors (Lipinski definition) is 0. The third-order valence-corrected chi connectivity index (χ3v) is 4.55. The summed E-state index contributed by atoms with van der Waals surface area (Å²) in [5.41, 5.74) is 1.10. The number of aromatic nitrogens is 2. The van der Waals surface area contributed by atoms with E-state index in [9.17, 15) is 4.79 Å². The molecule has 0 saturated carbocycles. The standard InChI is InChI=1S/C17H19N3O3/c1-11-18-16(23-19-11)13-6-4-8-20(10-13)17(21)15-9-12-5-2-3-7-14(12)22-15/h2-3,5,7,13,15H,4,6,8-10H2,1H3/t13-,15+/m1/s1. The Balaban J connectivity index is 1.45. The molecule has 2 aromatic rings. The van der Waals surface area contributed by atoms with Crippen LogP contribution < -0.4 is 4.74 Å². The van der Waals surface area contributed by atoms with Gasteiger partial charge < -0.3 is 14.2 Å². The number of fused-ring (bicyclic) bond motifs is 1. The summed E-state index contributed by atoms with van der Waals surface area (Å²) in [6.45, 7) is 3.19. The first kappa shape index (κ1) is 14.2. The fraction of sp³-hybridized carbons (Fsp3) is 0.471. The lowest BCUT2D eigenvalue weighted by Crippen LogP contribution is -2.46. The van der Waals surface area contributed by atoms with Gasteiger partial charge in [0.15, 0.2) is 11.9 Å². The normalized spacial score (nSPS) is 23.4. The third kappa shape index (κ3) is 2.69. The highest BCUT2D eigenvalue weighted by atomic mass is 16.5. The van der Waals surface area contributed by atoms with Crippen molar-refractivity contribution in [2.24, 2.45) is 0 Å². The van der Waals surface area contributed by atoms with E-state index < -0.39 is 6.10 Å². The zero-order valence-corrected chi connectivity index (χ0v) is 13.1. The molecule has 120 valence electrons. The Labute approximate surface area is 134 Å². The predicted molar refractivity (Wildman–Crippen MR) is 82.2 cm³/mol. The van der Waals surface area contributed by atoms with Gasteiger partial charge in [0, 0.05) is 19.5 Å². The third-order valence-electron chi connectivity index (χ3n) is 4.55. The number of hydrogen-bond acceptors (Lipinski definition) is 5. The Morgan fingerprint density at radius 3 is 3.00 bits per heavy atom. The number of piperidine rings is 1. The van der Waals surface area contributed by atoms with E-state index in [0.29, 0.717) is 24.7 Å². The lowest BCUT2D eigenvalue weighted by Gasteiger charge is -2.32. The molecule has 1 aromatic heterocycles. The number of carbonyl (C=O) groups is 1. The highest BCUT2D eigenvalue weighted by Gasteiger charge is 2.35. The smallest absolute Gasteiger partial charge is 0.264 e. The summed E-state index contributed by atoms with van der Waals surface area (Å²) in [5, 5.41) is 3.85. The molecule has 4 rings (SSSR count). The Kier molecular flexibility index (Phi) is 3.52. The molecular formula is C17H19N3O3. The van der Waals surface area contributed by atoms with E-state index >= 15 is 0 Å². The van der Waals surface area contributed by atoms with E-state index in [0.717, 1.165) is 30.7 Å². The van der Waals surface area contributed by atoms with Crippen molar-refractivity contribution < 1.29 is 14.1 Å². The van der Waals surface area contributed by atoms with Gasteiger partial charge in [0.25, 0.3) is 5.91 Å². The van der Waals surface area contributed by atoms with Crippen LogP contribution >= 0.6 is 0 Å². The molecule has 2 aliphatic heterocycles. The number of aryl methyl sites for hydroxylation is 1. The molecule has 2 aliphatic rings. The molecule has 1 aromatic carbocycles. The molecule has 0 radical (unpaired) electrons. The highest BCUT2D eigenvalue weighted by molar-refractivity contribution is 5.82. The summed E-state index contributed by atoms with van der Waals surface area (Å²) in [5.74, 6) is 2.28. The first-order valence-electron chi connectivity index (χ1n) is 8.04. The minimum absolute atomic E-state index is 0.0575. The van der Waals surface area contributed by atoms with Crippen LogP contribution in [-0.2, 0) is 11.2 Å². The second-order valence-corrected chi connectivity index (χ2v) is 6.22. The number of para-hydroxylation sites is 1. The van der Waals surface area contributed by atoms with E-state index in [1.165, 1.54) is 0 Å². The van der Waals surface area contributed by atoms with Crippen molar-refractivity contribution in [3.63, 3.8) is 0 Å². The van der Waals surface area contributed by atoms with Crippen LogP contribution in [0.5, 0.6) is 5.75 Å². The molecule has 0 N–H and O–H groups in total. The fourth-order valence-corrected chi connectivity index (χ4v) is 3.38. The SMILES string of the molecule is Cc1noc([C@@H]2CCCN(C(=O)[C@@H]3Cc4ccccc4O3)C2)n1. The molecular weight excluding hydrogens is 294 g/mol. The molecule has 6 nitrogen and oxygen atoms in total. The second kappa shape index (κ2) is 5.68. The molecule has 0 bridgehead atoms. The molecule has 0 aliphatic carbocycles. The lowest BCUT2D eigenvalue weighted by molar-refractivity contribution is -0.139. The van der Waals surface area contributed by atoms with Gasteiger partial charge >= 0.3 is 0 Å². The Morgan fingerprint density at radius 2 is 2.22 bits per heavy atom. The second-order valence-electron chi connectivity index (χ2n) is 6.22. The lowest BCUT2D eigenvalue weighted by atomic mass is 9.97. The summed E-state index contributed by atoms with van der Waals surface area (Å²) in [6, 6.07) is 7.84. The van der Waals surface area contributed by atoms with Crippen LogP contribution in [-0.4, -0.2) is 40.1 Å². The van der Waals surface area contributed by atoms with Crippen molar-refractivity contribution in [3.8, 4) is 5.75 Å². The van der Waals surface area contributed by atoms with Gasteiger partial charge in [0.1, 0.15) is 5.75 Å². The highest BCUT2D eigenvalue weighted by Crippen LogP contribution is 2.31. The van der Waals surface area contributed by atoms with Crippen LogP contribution in [0, 0.1) is 6.92 Å². The summed E-state index contributed by atoms with van der Waals surface area (Å²) >= 11 is 0. The van der Waals surface area contributed by atoms with Crippen LogP contribution in [0.2, 0.25) is 0 Å². The minimum Gasteiger partial charge on any atom is -0.480 e. The van der Waals surface area contributed by atoms with Crippen molar-refractivity contribution >= 4 is 5.91 Å². The zero-order chi connectivity index (χ0) is 15.8. The van der Waals surface area contributed by atoms with Crippen LogP contribution in [0.4, 0.5) is 0 Å². The average Bonchev–Trinajstić information content (AvgIpc) is 3.20. The van der Waals surface area contributed by atoms with E-state index in [2.05, 4.69) is 10.1 Å². The van der Waals surface area contributed by atoms with Gasteiger partial charge in [-0.15, -0.1) is 0 Å². The first-order chi connectivity index (χ1) is 11.2. The maximum atomic E-state index is 12.8. The van der Waals surface area contributed by atoms with E-state index in [1.54, 1.807) is 0 Å². The van der Waals surface area contributed by atoms with Gasteiger partial charge in [0.05, 0.1) is 5.92 Å². The molecule has 1 amide bonds. The van der Waals surface area contributed by atoms with Crippen molar-refractivity contribution in [2.75, 3.05) is 13.1 Å². The number of rotatable bonds is 2. The average molecular weight is 313 g/mol. The monoisotopic (exact) mass is 313 g/mol. The zero-order valence-electron chi connectivity index (χ0n) is 13.1. The molecule has 6 heteroatoms. The maximum Gasteiger partial charge on any atom is 0.264 e. The van der Waals surface area contributed by atoms with Gasteiger partial charge in [-0.3, -0.25) is 4.79 Å². The summed E-state index contributed by atoms with van der Waals surface area (Å²) in [4.78, 5) is 19.0. The van der Waals surface area contributed by atoms with Crippen molar-refractivity contribution in [3.05, 3.63) is 41.5 Å². The first-order valence-corrected chi connectivity index (χ1v) is 8.04. The van der Waals surface area contributed by atoms with E-state index in [1.807, 2.05) is 36.1 Å². The molecule has 1 saturated heterocycles. The van der Waals surface area contributed by atoms with Crippen LogP contribution in [0.1, 0.15) is 36.0 Å². The summed E-state index contributed by atoms with van der Waals surface area (Å²) < 4.78 is 11.1. The van der Waals surface area contributed by atoms with Gasteiger partial charge in [-0.25, -0.2) is 0 Å². The number of amides is 1. The quantitative estimate of drug-likeness (QED) is 0.849. The molecule has 23 heavy (non-hydrogen) atoms. The molecule has 3 heterocycles. The van der Waals surface area contributed by atoms with E-state index in [-0.39, 0.29) is 11.8 Å². The number of nitrogens with zero attached hydrogens (tertiary/aromatic N) is 3. The van der Waals surface area contributed by atoms with Gasteiger partial charge in [0.2, 0.25) is 5.89 Å². The van der Waals surface area contributed by atoms with E-state index in [4.69, 9.17) is 9.26 Å². The van der Waals surface area contributed by atoms with Crippen LogP contribution in [0.25, 0.3) is 0 Å². The molecule has 1 fully saturated rings. The number of benzene rings is 1. The maximum absolute atomic E-state index is 12.8.